The summed E-state index contributed by atoms with van der Waals surface area (Å²) in [5, 5.41) is 9.25. The molecule has 0 aliphatic carbocycles. The van der Waals surface area contributed by atoms with Crippen LogP contribution in [0.4, 0.5) is 0 Å². The van der Waals surface area contributed by atoms with E-state index in [2.05, 4.69) is 0 Å². The van der Waals surface area contributed by atoms with E-state index in [4.69, 9.17) is 0 Å². The van der Waals surface area contributed by atoms with Crippen LogP contribution in [0.2, 0.25) is 0 Å². The average molecular weight is 258 g/mol. The summed E-state index contributed by atoms with van der Waals surface area (Å²) >= 11 is 0.982. The van der Waals surface area contributed by atoms with E-state index in [0.29, 0.717) is 11.0 Å². The molecule has 0 unspecified atom stereocenters. The Hall–Kier alpha value is 0.420. The van der Waals surface area contributed by atoms with E-state index in [1.807, 2.05) is 21.1 Å². The van der Waals surface area contributed by atoms with Crippen molar-refractivity contribution in [3.63, 3.8) is 0 Å². The van der Waals surface area contributed by atoms with Gasteiger partial charge >= 0.3 is 0 Å². The van der Waals surface area contributed by atoms with Gasteiger partial charge in [0.05, 0.1) is 21.1 Å². The lowest BCUT2D eigenvalue weighted by molar-refractivity contribution is -0.871. The predicted molar refractivity (Wildman–Crippen MR) is 47.2 cm³/mol. The van der Waals surface area contributed by atoms with Crippen molar-refractivity contribution in [2.45, 2.75) is 12.4 Å². The normalized spacial score (nSPS) is 13.4. The van der Waals surface area contributed by atoms with Crippen molar-refractivity contribution in [1.29, 1.82) is 0 Å². The SMILES string of the molecule is CC(=O)S[C@H](O)C[N+](C)(C)C.[Br-]. The molecule has 1 N–H and O–H groups in total. The Morgan fingerprint density at radius 1 is 1.50 bits per heavy atom. The maximum Gasteiger partial charge on any atom is 0.188 e. The largest absolute Gasteiger partial charge is 1.00 e. The number of aliphatic hydroxyl groups is 1. The van der Waals surface area contributed by atoms with Gasteiger partial charge in [0.1, 0.15) is 6.54 Å². The van der Waals surface area contributed by atoms with E-state index >= 15 is 0 Å². The zero-order valence-corrected chi connectivity index (χ0v) is 10.3. The fourth-order valence-electron chi connectivity index (χ4n) is 0.697. The van der Waals surface area contributed by atoms with Gasteiger partial charge in [-0.2, -0.15) is 0 Å². The summed E-state index contributed by atoms with van der Waals surface area (Å²) in [4.78, 5) is 10.5. The van der Waals surface area contributed by atoms with Gasteiger partial charge in [0, 0.05) is 6.92 Å². The number of carbonyl (C=O) groups excluding carboxylic acids is 1. The number of nitrogens with zero attached hydrogens (tertiary/aromatic N) is 1. The second-order valence-electron chi connectivity index (χ2n) is 3.54. The lowest BCUT2D eigenvalue weighted by Crippen LogP contribution is -3.00. The number of hydrogen-bond donors (Lipinski definition) is 1. The molecule has 0 heterocycles. The van der Waals surface area contributed by atoms with E-state index in [9.17, 15) is 9.90 Å². The molecule has 0 aromatic carbocycles. The van der Waals surface area contributed by atoms with Crippen LogP contribution in [0.25, 0.3) is 0 Å². The second-order valence-corrected chi connectivity index (χ2v) is 4.89. The van der Waals surface area contributed by atoms with Crippen LogP contribution >= 0.6 is 11.8 Å². The van der Waals surface area contributed by atoms with Crippen LogP contribution in [0.5, 0.6) is 0 Å². The van der Waals surface area contributed by atoms with Gasteiger partial charge < -0.3 is 26.6 Å². The second kappa shape index (κ2) is 5.96. The maximum atomic E-state index is 10.5. The molecule has 0 bridgehead atoms. The first-order valence-electron chi connectivity index (χ1n) is 3.47. The molecule has 0 fully saturated rings. The summed E-state index contributed by atoms with van der Waals surface area (Å²) < 4.78 is 0.668. The lowest BCUT2D eigenvalue weighted by atomic mass is 10.5. The number of aliphatic hydroxyl groups excluding tert-OH is 1. The molecule has 0 aromatic rings. The van der Waals surface area contributed by atoms with Crippen molar-refractivity contribution in [3.05, 3.63) is 0 Å². The van der Waals surface area contributed by atoms with Gasteiger partial charge in [-0.3, -0.25) is 4.79 Å². The molecule has 74 valence electrons. The van der Waals surface area contributed by atoms with E-state index in [0.717, 1.165) is 11.8 Å². The molecule has 0 rings (SSSR count). The van der Waals surface area contributed by atoms with Gasteiger partial charge in [0.25, 0.3) is 0 Å². The van der Waals surface area contributed by atoms with Crippen LogP contribution in [0, 0.1) is 0 Å². The minimum absolute atomic E-state index is 0. The first-order chi connectivity index (χ1) is 4.81. The molecule has 0 radical (unpaired) electrons. The number of carbonyl (C=O) groups is 1. The van der Waals surface area contributed by atoms with Crippen molar-refractivity contribution in [3.8, 4) is 0 Å². The van der Waals surface area contributed by atoms with Crippen molar-refractivity contribution < 1.29 is 31.4 Å². The Kier molecular flexibility index (Phi) is 7.41. The summed E-state index contributed by atoms with van der Waals surface area (Å²) in [6.45, 7) is 2.05. The Bertz CT molecular complexity index is 147. The Morgan fingerprint density at radius 3 is 2.17 bits per heavy atom. The van der Waals surface area contributed by atoms with E-state index in [1.165, 1.54) is 6.92 Å². The minimum Gasteiger partial charge on any atom is -1.00 e. The standard InChI is InChI=1S/C7H16NO2S.BrH/c1-6(9)11-7(10)5-8(2,3)4;/h7,10H,5H2,1-4H3;1H/q+1;/p-1/t7-;/m0./s1. The Labute approximate surface area is 88.5 Å². The highest BCUT2D eigenvalue weighted by Gasteiger charge is 2.16. The molecule has 0 aliphatic rings. The molecular formula is C7H16BrNO2S. The van der Waals surface area contributed by atoms with Gasteiger partial charge in [-0.05, 0) is 0 Å². The van der Waals surface area contributed by atoms with Crippen molar-refractivity contribution in [2.75, 3.05) is 27.7 Å². The Balaban J connectivity index is 0. The van der Waals surface area contributed by atoms with E-state index in [-0.39, 0.29) is 22.1 Å². The molecule has 3 nitrogen and oxygen atoms in total. The molecule has 0 amide bonds. The summed E-state index contributed by atoms with van der Waals surface area (Å²) in [6.07, 6.45) is 0. The van der Waals surface area contributed by atoms with Gasteiger partial charge in [-0.25, -0.2) is 0 Å². The molecule has 0 aliphatic heterocycles. The number of halogens is 1. The Morgan fingerprint density at radius 2 is 1.92 bits per heavy atom. The van der Waals surface area contributed by atoms with Crippen LogP contribution < -0.4 is 17.0 Å². The highest BCUT2D eigenvalue weighted by atomic mass is 79.9. The number of quaternary nitrogens is 1. The third kappa shape index (κ3) is 10.4. The van der Waals surface area contributed by atoms with Crippen LogP contribution in [-0.4, -0.2) is 47.8 Å². The van der Waals surface area contributed by atoms with Crippen molar-refractivity contribution >= 4 is 16.9 Å². The fourth-order valence-corrected chi connectivity index (χ4v) is 1.60. The molecule has 1 atom stereocenters. The molecule has 0 saturated heterocycles. The van der Waals surface area contributed by atoms with Crippen molar-refractivity contribution in [1.82, 2.24) is 0 Å². The van der Waals surface area contributed by atoms with Gasteiger partial charge in [0.15, 0.2) is 10.6 Å². The molecular weight excluding hydrogens is 242 g/mol. The number of rotatable bonds is 3. The molecule has 12 heavy (non-hydrogen) atoms. The van der Waals surface area contributed by atoms with Crippen molar-refractivity contribution in [2.24, 2.45) is 0 Å². The highest BCUT2D eigenvalue weighted by molar-refractivity contribution is 8.13. The summed E-state index contributed by atoms with van der Waals surface area (Å²) in [5.41, 5.74) is -0.576. The van der Waals surface area contributed by atoms with Crippen LogP contribution in [0.15, 0.2) is 0 Å². The van der Waals surface area contributed by atoms with Crippen LogP contribution in [-0.2, 0) is 4.79 Å². The highest BCUT2D eigenvalue weighted by Crippen LogP contribution is 2.11. The zero-order valence-electron chi connectivity index (χ0n) is 7.87. The van der Waals surface area contributed by atoms with E-state index < -0.39 is 5.44 Å². The quantitative estimate of drug-likeness (QED) is 0.442. The first-order valence-corrected chi connectivity index (χ1v) is 4.35. The third-order valence-corrected chi connectivity index (χ3v) is 1.76. The molecule has 0 saturated carbocycles. The fraction of sp³-hybridized carbons (Fsp3) is 0.857. The smallest absolute Gasteiger partial charge is 0.188 e. The third-order valence-electron chi connectivity index (χ3n) is 1.01. The van der Waals surface area contributed by atoms with E-state index in [1.54, 1.807) is 0 Å². The minimum atomic E-state index is -0.576. The number of likely N-dealkylation sites (N-methyl/N-ethyl adjacent to an activating group) is 1. The monoisotopic (exact) mass is 257 g/mol. The molecule has 5 heteroatoms. The predicted octanol–water partition coefficient (Wildman–Crippen LogP) is -2.71. The number of hydrogen-bond acceptors (Lipinski definition) is 3. The first kappa shape index (κ1) is 14.9. The van der Waals surface area contributed by atoms with Crippen LogP contribution in [0.1, 0.15) is 6.92 Å². The van der Waals surface area contributed by atoms with Gasteiger partial charge in [-0.1, -0.05) is 11.8 Å². The lowest BCUT2D eigenvalue weighted by Gasteiger charge is -2.25. The topological polar surface area (TPSA) is 37.3 Å². The zero-order chi connectivity index (χ0) is 9.07. The van der Waals surface area contributed by atoms with Gasteiger partial charge in [0.2, 0.25) is 0 Å². The molecule has 0 aromatic heterocycles. The summed E-state index contributed by atoms with van der Waals surface area (Å²) in [7, 11) is 5.93. The van der Waals surface area contributed by atoms with Gasteiger partial charge in [-0.15, -0.1) is 0 Å². The maximum absolute atomic E-state index is 10.5. The number of thioether (sulfide) groups is 1. The van der Waals surface area contributed by atoms with Crippen LogP contribution in [0.3, 0.4) is 0 Å². The summed E-state index contributed by atoms with van der Waals surface area (Å²) in [6, 6.07) is 0. The summed E-state index contributed by atoms with van der Waals surface area (Å²) in [5.74, 6) is 0. The molecule has 0 spiro atoms. The average Bonchev–Trinajstić information content (AvgIpc) is 1.53.